The third kappa shape index (κ3) is 4.65. The standard InChI is InChI=1S/C12H15F2NO4S2/c1-20-7-3-2-6-15-21(18,19)9-5-4-8(13)10(11(9)14)12(16)17/h4-5,15H,2-3,6-7H2,1H3,(H,16,17). The van der Waals surface area contributed by atoms with Gasteiger partial charge in [-0.3, -0.25) is 0 Å². The number of hydrogen-bond acceptors (Lipinski definition) is 4. The molecule has 21 heavy (non-hydrogen) atoms. The van der Waals surface area contributed by atoms with Crippen LogP contribution in [0.25, 0.3) is 0 Å². The van der Waals surface area contributed by atoms with E-state index in [1.165, 1.54) is 0 Å². The Morgan fingerprint density at radius 1 is 1.33 bits per heavy atom. The summed E-state index contributed by atoms with van der Waals surface area (Å²) in [5.41, 5.74) is -1.28. The second-order valence-electron chi connectivity index (χ2n) is 4.14. The van der Waals surface area contributed by atoms with Crippen LogP contribution in [0.4, 0.5) is 8.78 Å². The van der Waals surface area contributed by atoms with E-state index in [1.807, 2.05) is 6.26 Å². The van der Waals surface area contributed by atoms with E-state index in [0.29, 0.717) is 18.6 Å². The summed E-state index contributed by atoms with van der Waals surface area (Å²) in [5, 5.41) is 8.71. The van der Waals surface area contributed by atoms with Crippen molar-refractivity contribution in [1.29, 1.82) is 0 Å². The van der Waals surface area contributed by atoms with Gasteiger partial charge >= 0.3 is 5.97 Å². The molecule has 0 radical (unpaired) electrons. The van der Waals surface area contributed by atoms with Crippen molar-refractivity contribution in [3.8, 4) is 0 Å². The fourth-order valence-corrected chi connectivity index (χ4v) is 3.24. The zero-order chi connectivity index (χ0) is 16.0. The highest BCUT2D eigenvalue weighted by molar-refractivity contribution is 7.98. The molecule has 0 bridgehead atoms. The Hall–Kier alpha value is -1.19. The van der Waals surface area contributed by atoms with E-state index < -0.39 is 38.1 Å². The van der Waals surface area contributed by atoms with Gasteiger partial charge in [0.1, 0.15) is 16.3 Å². The Bertz CT molecular complexity index is 620. The van der Waals surface area contributed by atoms with Crippen LogP contribution in [0.5, 0.6) is 0 Å². The summed E-state index contributed by atoms with van der Waals surface area (Å²) in [6.45, 7) is 0.0993. The smallest absolute Gasteiger partial charge is 0.341 e. The van der Waals surface area contributed by atoms with Gasteiger partial charge in [-0.1, -0.05) is 0 Å². The molecule has 0 aliphatic rings. The molecule has 0 atom stereocenters. The van der Waals surface area contributed by atoms with E-state index in [9.17, 15) is 22.0 Å². The number of carboxylic acids is 1. The predicted octanol–water partition coefficient (Wildman–Crippen LogP) is 2.08. The first-order valence-corrected chi connectivity index (χ1v) is 8.89. The van der Waals surface area contributed by atoms with Gasteiger partial charge in [-0.25, -0.2) is 26.7 Å². The van der Waals surface area contributed by atoms with Crippen LogP contribution in [-0.2, 0) is 10.0 Å². The van der Waals surface area contributed by atoms with Crippen molar-refractivity contribution in [1.82, 2.24) is 4.72 Å². The Kier molecular flexibility index (Phi) is 6.56. The van der Waals surface area contributed by atoms with E-state index in [1.54, 1.807) is 11.8 Å². The van der Waals surface area contributed by atoms with Crippen LogP contribution < -0.4 is 4.72 Å². The number of halogens is 2. The predicted molar refractivity (Wildman–Crippen MR) is 76.1 cm³/mol. The lowest BCUT2D eigenvalue weighted by Crippen LogP contribution is -2.26. The van der Waals surface area contributed by atoms with Crippen LogP contribution in [-0.4, -0.2) is 38.0 Å². The first-order chi connectivity index (χ1) is 9.81. The van der Waals surface area contributed by atoms with Gasteiger partial charge in [0, 0.05) is 6.54 Å². The second-order valence-corrected chi connectivity index (χ2v) is 6.86. The number of hydrogen-bond donors (Lipinski definition) is 2. The van der Waals surface area contributed by atoms with E-state index >= 15 is 0 Å². The molecule has 9 heteroatoms. The average Bonchev–Trinajstić information content (AvgIpc) is 2.37. The van der Waals surface area contributed by atoms with Gasteiger partial charge in [-0.2, -0.15) is 11.8 Å². The van der Waals surface area contributed by atoms with Crippen LogP contribution in [0.2, 0.25) is 0 Å². The molecule has 118 valence electrons. The molecule has 0 aromatic heterocycles. The summed E-state index contributed by atoms with van der Waals surface area (Å²) in [6.07, 6.45) is 3.27. The van der Waals surface area contributed by atoms with Crippen molar-refractivity contribution in [3.05, 3.63) is 29.3 Å². The Morgan fingerprint density at radius 3 is 2.57 bits per heavy atom. The number of unbranched alkanes of at least 4 members (excludes halogenated alkanes) is 1. The number of rotatable bonds is 8. The molecule has 0 fully saturated rings. The lowest BCUT2D eigenvalue weighted by molar-refractivity contribution is 0.0685. The van der Waals surface area contributed by atoms with E-state index in [2.05, 4.69) is 4.72 Å². The summed E-state index contributed by atoms with van der Waals surface area (Å²) in [6, 6.07) is 1.33. The molecule has 2 N–H and O–H groups in total. The van der Waals surface area contributed by atoms with Crippen molar-refractivity contribution in [2.45, 2.75) is 17.7 Å². The van der Waals surface area contributed by atoms with Crippen molar-refractivity contribution in [2.24, 2.45) is 0 Å². The number of thioether (sulfide) groups is 1. The maximum absolute atomic E-state index is 13.9. The summed E-state index contributed by atoms with van der Waals surface area (Å²) in [4.78, 5) is 9.89. The zero-order valence-electron chi connectivity index (χ0n) is 11.2. The lowest BCUT2D eigenvalue weighted by Gasteiger charge is -2.09. The van der Waals surface area contributed by atoms with Crippen molar-refractivity contribution < 1.29 is 27.1 Å². The summed E-state index contributed by atoms with van der Waals surface area (Å²) in [5.74, 6) is -3.91. The minimum Gasteiger partial charge on any atom is -0.477 e. The topological polar surface area (TPSA) is 83.5 Å². The van der Waals surface area contributed by atoms with E-state index in [4.69, 9.17) is 5.11 Å². The average molecular weight is 339 g/mol. The van der Waals surface area contributed by atoms with Gasteiger partial charge in [0.2, 0.25) is 10.0 Å². The summed E-state index contributed by atoms with van der Waals surface area (Å²) >= 11 is 1.62. The molecule has 0 saturated carbocycles. The van der Waals surface area contributed by atoms with Crippen LogP contribution in [0.3, 0.4) is 0 Å². The molecule has 0 aliphatic carbocycles. The van der Waals surface area contributed by atoms with E-state index in [-0.39, 0.29) is 6.54 Å². The maximum atomic E-state index is 13.9. The maximum Gasteiger partial charge on any atom is 0.341 e. The van der Waals surface area contributed by atoms with Gasteiger partial charge in [0.05, 0.1) is 0 Å². The number of aromatic carboxylic acids is 1. The van der Waals surface area contributed by atoms with Crippen LogP contribution in [0, 0.1) is 11.6 Å². The molecular weight excluding hydrogens is 324 g/mol. The van der Waals surface area contributed by atoms with Gasteiger partial charge in [-0.15, -0.1) is 0 Å². The zero-order valence-corrected chi connectivity index (χ0v) is 12.9. The lowest BCUT2D eigenvalue weighted by atomic mass is 10.2. The number of carbonyl (C=O) groups is 1. The van der Waals surface area contributed by atoms with Crippen LogP contribution in [0.1, 0.15) is 23.2 Å². The molecule has 0 saturated heterocycles. The van der Waals surface area contributed by atoms with Crippen molar-refractivity contribution >= 4 is 27.8 Å². The molecule has 1 rings (SSSR count). The van der Waals surface area contributed by atoms with Gasteiger partial charge in [0.15, 0.2) is 5.82 Å². The normalized spacial score (nSPS) is 11.6. The molecular formula is C12H15F2NO4S2. The van der Waals surface area contributed by atoms with Crippen LogP contribution in [0.15, 0.2) is 17.0 Å². The third-order valence-corrected chi connectivity index (χ3v) is 4.80. The largest absolute Gasteiger partial charge is 0.477 e. The number of nitrogens with one attached hydrogen (secondary N) is 1. The van der Waals surface area contributed by atoms with Crippen LogP contribution >= 0.6 is 11.8 Å². The van der Waals surface area contributed by atoms with E-state index in [0.717, 1.165) is 12.2 Å². The monoisotopic (exact) mass is 339 g/mol. The number of carboxylic acid groups (broad SMARTS) is 1. The molecule has 0 aliphatic heterocycles. The minimum atomic E-state index is -4.21. The van der Waals surface area contributed by atoms with Gasteiger partial charge < -0.3 is 5.11 Å². The number of benzene rings is 1. The minimum absolute atomic E-state index is 0.0993. The van der Waals surface area contributed by atoms with Crippen molar-refractivity contribution in [2.75, 3.05) is 18.6 Å². The van der Waals surface area contributed by atoms with Crippen molar-refractivity contribution in [3.63, 3.8) is 0 Å². The van der Waals surface area contributed by atoms with Gasteiger partial charge in [-0.05, 0) is 37.0 Å². The third-order valence-electron chi connectivity index (χ3n) is 2.63. The summed E-state index contributed by atoms with van der Waals surface area (Å²) < 4.78 is 53.1. The fraction of sp³-hybridized carbons (Fsp3) is 0.417. The highest BCUT2D eigenvalue weighted by atomic mass is 32.2. The molecule has 1 aromatic carbocycles. The quantitative estimate of drug-likeness (QED) is 0.709. The highest BCUT2D eigenvalue weighted by Crippen LogP contribution is 2.21. The second kappa shape index (κ2) is 7.71. The molecule has 0 heterocycles. The van der Waals surface area contributed by atoms with Gasteiger partial charge in [0.25, 0.3) is 0 Å². The Balaban J connectivity index is 2.94. The first kappa shape index (κ1) is 17.9. The molecule has 1 aromatic rings. The highest BCUT2D eigenvalue weighted by Gasteiger charge is 2.26. The Morgan fingerprint density at radius 2 is 2.00 bits per heavy atom. The first-order valence-electron chi connectivity index (χ1n) is 6.01. The molecule has 0 unspecified atom stereocenters. The number of sulfonamides is 1. The fourth-order valence-electron chi connectivity index (χ4n) is 1.59. The SMILES string of the molecule is CSCCCCNS(=O)(=O)c1ccc(F)c(C(=O)O)c1F. The molecule has 0 spiro atoms. The molecule has 0 amide bonds. The molecule has 5 nitrogen and oxygen atoms in total. The Labute approximate surface area is 125 Å². The summed E-state index contributed by atoms with van der Waals surface area (Å²) in [7, 11) is -4.21.